The fraction of sp³-hybridized carbons (Fsp3) is 0.304. The number of carbonyl (C=O) groups is 4. The number of amides is 2. The molecule has 7 heteroatoms. The molecule has 0 aliphatic carbocycles. The van der Waals surface area contributed by atoms with E-state index in [1.807, 2.05) is 0 Å². The number of fused-ring (bicyclic) bond motifs is 1. The van der Waals surface area contributed by atoms with Crippen molar-refractivity contribution >= 4 is 35.2 Å². The topological polar surface area (TPSA) is 91.8 Å². The van der Waals surface area contributed by atoms with E-state index >= 15 is 0 Å². The SMILES string of the molecule is O=C(O)CCC(=O)C(CCCCN1C(=O)c2ccccc2C1=O)c1cccc(Cl)c1. The van der Waals surface area contributed by atoms with E-state index in [1.165, 1.54) is 4.90 Å². The molecule has 2 aromatic rings. The summed E-state index contributed by atoms with van der Waals surface area (Å²) in [5, 5.41) is 9.38. The summed E-state index contributed by atoms with van der Waals surface area (Å²) in [6, 6.07) is 13.7. The van der Waals surface area contributed by atoms with Gasteiger partial charge in [-0.3, -0.25) is 24.1 Å². The van der Waals surface area contributed by atoms with E-state index in [9.17, 15) is 19.2 Å². The van der Waals surface area contributed by atoms with Crippen molar-refractivity contribution in [2.75, 3.05) is 6.54 Å². The molecule has 1 aliphatic rings. The van der Waals surface area contributed by atoms with Crippen molar-refractivity contribution in [2.45, 2.75) is 38.0 Å². The molecule has 6 nitrogen and oxygen atoms in total. The maximum Gasteiger partial charge on any atom is 0.303 e. The molecule has 2 amide bonds. The molecule has 0 radical (unpaired) electrons. The van der Waals surface area contributed by atoms with Gasteiger partial charge < -0.3 is 5.11 Å². The van der Waals surface area contributed by atoms with Gasteiger partial charge in [0, 0.05) is 23.9 Å². The number of ketones is 1. The molecule has 3 rings (SSSR count). The fourth-order valence-electron chi connectivity index (χ4n) is 3.70. The third-order valence-electron chi connectivity index (χ3n) is 5.23. The predicted molar refractivity (Wildman–Crippen MR) is 112 cm³/mol. The minimum Gasteiger partial charge on any atom is -0.481 e. The second-order valence-corrected chi connectivity index (χ2v) is 7.71. The highest BCUT2D eigenvalue weighted by atomic mass is 35.5. The minimum atomic E-state index is -1.01. The van der Waals surface area contributed by atoms with Crippen LogP contribution in [0, 0.1) is 0 Å². The zero-order valence-electron chi connectivity index (χ0n) is 16.3. The standard InChI is InChI=1S/C23H22ClNO5/c24-16-7-5-6-15(14-16)17(20(26)11-12-21(27)28)8-3-4-13-25-22(29)18-9-1-2-10-19(18)23(25)30/h1-2,5-7,9-10,14,17H,3-4,8,11-13H2,(H,27,28). The van der Waals surface area contributed by atoms with E-state index in [4.69, 9.17) is 16.7 Å². The number of carbonyl (C=O) groups excluding carboxylic acids is 3. The first-order valence-corrected chi connectivity index (χ1v) is 10.2. The van der Waals surface area contributed by atoms with Crippen LogP contribution >= 0.6 is 11.6 Å². The molecule has 0 aromatic heterocycles. The van der Waals surface area contributed by atoms with Gasteiger partial charge in [0.15, 0.2) is 0 Å². The summed E-state index contributed by atoms with van der Waals surface area (Å²) in [4.78, 5) is 49.6. The Morgan fingerprint density at radius 1 is 0.933 bits per heavy atom. The number of halogens is 1. The van der Waals surface area contributed by atoms with Gasteiger partial charge >= 0.3 is 5.97 Å². The van der Waals surface area contributed by atoms with Gasteiger partial charge in [-0.25, -0.2) is 0 Å². The number of hydrogen-bond donors (Lipinski definition) is 1. The Morgan fingerprint density at radius 3 is 2.20 bits per heavy atom. The lowest BCUT2D eigenvalue weighted by Crippen LogP contribution is -2.30. The van der Waals surface area contributed by atoms with Crippen LogP contribution in [0.15, 0.2) is 48.5 Å². The van der Waals surface area contributed by atoms with E-state index in [1.54, 1.807) is 48.5 Å². The van der Waals surface area contributed by atoms with Gasteiger partial charge in [0.1, 0.15) is 5.78 Å². The van der Waals surface area contributed by atoms with Gasteiger partial charge in [0.2, 0.25) is 0 Å². The van der Waals surface area contributed by atoms with Crippen molar-refractivity contribution in [1.29, 1.82) is 0 Å². The first-order chi connectivity index (χ1) is 14.4. The van der Waals surface area contributed by atoms with Crippen molar-refractivity contribution in [3.05, 3.63) is 70.2 Å². The highest BCUT2D eigenvalue weighted by Crippen LogP contribution is 2.28. The molecule has 1 aliphatic heterocycles. The molecule has 1 heterocycles. The van der Waals surface area contributed by atoms with Gasteiger partial charge in [-0.15, -0.1) is 0 Å². The lowest BCUT2D eigenvalue weighted by atomic mass is 9.88. The van der Waals surface area contributed by atoms with Crippen LogP contribution in [0.2, 0.25) is 5.02 Å². The first-order valence-electron chi connectivity index (χ1n) is 9.83. The Kier molecular flexibility index (Phi) is 7.00. The molecule has 2 aromatic carbocycles. The summed E-state index contributed by atoms with van der Waals surface area (Å²) >= 11 is 6.06. The van der Waals surface area contributed by atoms with Crippen LogP contribution in [-0.4, -0.2) is 40.1 Å². The van der Waals surface area contributed by atoms with Crippen LogP contribution in [0.5, 0.6) is 0 Å². The van der Waals surface area contributed by atoms with Crippen molar-refractivity contribution in [3.63, 3.8) is 0 Å². The van der Waals surface area contributed by atoms with Gasteiger partial charge in [0.05, 0.1) is 17.5 Å². The van der Waals surface area contributed by atoms with Gasteiger partial charge in [-0.2, -0.15) is 0 Å². The van der Waals surface area contributed by atoms with E-state index in [0.29, 0.717) is 35.4 Å². The number of Topliss-reactive ketones (excluding diaryl/α,β-unsaturated/α-hetero) is 1. The van der Waals surface area contributed by atoms with Crippen LogP contribution in [0.1, 0.15) is 64.3 Å². The molecule has 1 unspecified atom stereocenters. The number of rotatable bonds is 10. The zero-order chi connectivity index (χ0) is 21.7. The van der Waals surface area contributed by atoms with E-state index < -0.39 is 11.9 Å². The van der Waals surface area contributed by atoms with E-state index in [2.05, 4.69) is 0 Å². The van der Waals surface area contributed by atoms with E-state index in [-0.39, 0.29) is 37.0 Å². The number of carboxylic acid groups (broad SMARTS) is 1. The largest absolute Gasteiger partial charge is 0.481 e. The van der Waals surface area contributed by atoms with Crippen molar-refractivity contribution in [2.24, 2.45) is 0 Å². The second kappa shape index (κ2) is 9.67. The molecular weight excluding hydrogens is 406 g/mol. The molecular formula is C23H22ClNO5. The Hall–Kier alpha value is -2.99. The maximum atomic E-state index is 12.6. The Bertz CT molecular complexity index is 952. The van der Waals surface area contributed by atoms with E-state index in [0.717, 1.165) is 5.56 Å². The summed E-state index contributed by atoms with van der Waals surface area (Å²) in [6.07, 6.45) is 1.37. The number of carboxylic acids is 1. The monoisotopic (exact) mass is 427 g/mol. The quantitative estimate of drug-likeness (QED) is 0.450. The highest BCUT2D eigenvalue weighted by Gasteiger charge is 2.34. The van der Waals surface area contributed by atoms with Gasteiger partial charge in [-0.1, -0.05) is 42.3 Å². The predicted octanol–water partition coefficient (Wildman–Crippen LogP) is 4.32. The van der Waals surface area contributed by atoms with Crippen LogP contribution in [0.4, 0.5) is 0 Å². The van der Waals surface area contributed by atoms with Crippen LogP contribution in [-0.2, 0) is 9.59 Å². The average Bonchev–Trinajstić information content (AvgIpc) is 2.97. The van der Waals surface area contributed by atoms with Crippen molar-refractivity contribution in [3.8, 4) is 0 Å². The number of hydrogen-bond acceptors (Lipinski definition) is 4. The molecule has 1 atom stereocenters. The molecule has 1 N–H and O–H groups in total. The lowest BCUT2D eigenvalue weighted by Gasteiger charge is -2.18. The third-order valence-corrected chi connectivity index (χ3v) is 5.46. The summed E-state index contributed by atoms with van der Waals surface area (Å²) in [7, 11) is 0. The maximum absolute atomic E-state index is 12.6. The molecule has 156 valence electrons. The minimum absolute atomic E-state index is 0.0507. The molecule has 0 saturated heterocycles. The number of nitrogens with zero attached hydrogens (tertiary/aromatic N) is 1. The Balaban J connectivity index is 1.61. The number of imide groups is 1. The molecule has 0 spiro atoms. The Labute approximate surface area is 179 Å². The molecule has 0 fully saturated rings. The first kappa shape index (κ1) is 21.7. The van der Waals surface area contributed by atoms with Crippen molar-refractivity contribution in [1.82, 2.24) is 4.90 Å². The van der Waals surface area contributed by atoms with Crippen molar-refractivity contribution < 1.29 is 24.3 Å². The smallest absolute Gasteiger partial charge is 0.303 e. The summed E-state index contributed by atoms with van der Waals surface area (Å²) in [5.74, 6) is -2.22. The van der Waals surface area contributed by atoms with Crippen LogP contribution in [0.3, 0.4) is 0 Å². The number of unbranched alkanes of at least 4 members (excludes halogenated alkanes) is 1. The average molecular weight is 428 g/mol. The summed E-state index contributed by atoms with van der Waals surface area (Å²) < 4.78 is 0. The molecule has 0 bridgehead atoms. The summed E-state index contributed by atoms with van der Waals surface area (Å²) in [6.45, 7) is 0.276. The molecule has 30 heavy (non-hydrogen) atoms. The number of benzene rings is 2. The highest BCUT2D eigenvalue weighted by molar-refractivity contribution is 6.30. The second-order valence-electron chi connectivity index (χ2n) is 7.27. The summed E-state index contributed by atoms with van der Waals surface area (Å²) in [5.41, 5.74) is 1.59. The van der Waals surface area contributed by atoms with Gasteiger partial charge in [0.25, 0.3) is 11.8 Å². The van der Waals surface area contributed by atoms with Gasteiger partial charge in [-0.05, 0) is 42.7 Å². The normalized spacial score (nSPS) is 14.0. The zero-order valence-corrected chi connectivity index (χ0v) is 17.1. The lowest BCUT2D eigenvalue weighted by molar-refractivity contribution is -0.138. The Morgan fingerprint density at radius 2 is 1.60 bits per heavy atom. The van der Waals surface area contributed by atoms with Crippen LogP contribution in [0.25, 0.3) is 0 Å². The molecule has 0 saturated carbocycles. The fourth-order valence-corrected chi connectivity index (χ4v) is 3.90. The third kappa shape index (κ3) is 4.94. The number of aliphatic carboxylic acids is 1. The van der Waals surface area contributed by atoms with Crippen LogP contribution < -0.4 is 0 Å².